The lowest BCUT2D eigenvalue weighted by Crippen LogP contribution is -2.20. The standard InChI is InChI=1S/C23H17N3O2.C2H6/c1-15-7-8-20-21(11-15)28-22(25-20)14-26-10-9-17-18(16-5-3-2-4-6-16)12-24-13-19(17)23(26)27;1-2/h2-13H,14H2,1H3;1-2H3. The average Bonchev–Trinajstić information content (AvgIpc) is 3.19. The molecule has 5 rings (SSSR count). The summed E-state index contributed by atoms with van der Waals surface area (Å²) in [5.74, 6) is 0.509. The van der Waals surface area contributed by atoms with Crippen molar-refractivity contribution in [3.8, 4) is 11.1 Å². The third-order valence-corrected chi connectivity index (χ3v) is 4.88. The Hall–Kier alpha value is -3.73. The number of fused-ring (bicyclic) bond motifs is 2. The van der Waals surface area contributed by atoms with Crippen molar-refractivity contribution in [1.29, 1.82) is 0 Å². The van der Waals surface area contributed by atoms with Crippen LogP contribution in [0.3, 0.4) is 0 Å². The number of aromatic nitrogens is 3. The first-order chi connectivity index (χ1) is 14.7. The van der Waals surface area contributed by atoms with Gasteiger partial charge in [0.2, 0.25) is 5.89 Å². The van der Waals surface area contributed by atoms with Crippen molar-refractivity contribution < 1.29 is 4.42 Å². The molecule has 0 atom stereocenters. The Bertz CT molecular complexity index is 1370. The van der Waals surface area contributed by atoms with Crippen LogP contribution in [0.15, 0.2) is 82.4 Å². The van der Waals surface area contributed by atoms with E-state index in [-0.39, 0.29) is 12.1 Å². The van der Waals surface area contributed by atoms with Crippen LogP contribution < -0.4 is 5.56 Å². The highest BCUT2D eigenvalue weighted by Crippen LogP contribution is 2.26. The molecule has 0 aliphatic carbocycles. The second kappa shape index (κ2) is 8.33. The van der Waals surface area contributed by atoms with Crippen LogP contribution in [0.25, 0.3) is 33.0 Å². The molecule has 3 aromatic heterocycles. The Kier molecular flexibility index (Phi) is 5.44. The van der Waals surface area contributed by atoms with Gasteiger partial charge in [0.1, 0.15) is 12.1 Å². The Morgan fingerprint density at radius 2 is 1.77 bits per heavy atom. The van der Waals surface area contributed by atoms with E-state index in [0.717, 1.165) is 33.2 Å². The molecular weight excluding hydrogens is 374 g/mol. The van der Waals surface area contributed by atoms with E-state index in [9.17, 15) is 4.79 Å². The van der Waals surface area contributed by atoms with Gasteiger partial charge in [-0.05, 0) is 41.6 Å². The minimum absolute atomic E-state index is 0.110. The highest BCUT2D eigenvalue weighted by atomic mass is 16.3. The summed E-state index contributed by atoms with van der Waals surface area (Å²) in [4.78, 5) is 21.8. The van der Waals surface area contributed by atoms with Gasteiger partial charge in [0.15, 0.2) is 5.58 Å². The van der Waals surface area contributed by atoms with E-state index in [1.54, 1.807) is 23.2 Å². The van der Waals surface area contributed by atoms with E-state index in [1.165, 1.54) is 0 Å². The number of pyridine rings is 2. The van der Waals surface area contributed by atoms with Gasteiger partial charge in [0.25, 0.3) is 5.56 Å². The molecule has 0 saturated carbocycles. The summed E-state index contributed by atoms with van der Waals surface area (Å²) in [5.41, 5.74) is 4.50. The molecule has 0 radical (unpaired) electrons. The first-order valence-electron chi connectivity index (χ1n) is 10.1. The van der Waals surface area contributed by atoms with Crippen LogP contribution in [0.1, 0.15) is 25.3 Å². The first kappa shape index (κ1) is 19.6. The zero-order valence-electron chi connectivity index (χ0n) is 17.3. The zero-order valence-corrected chi connectivity index (χ0v) is 17.3. The topological polar surface area (TPSA) is 60.9 Å². The first-order valence-corrected chi connectivity index (χ1v) is 10.1. The molecule has 0 amide bonds. The SMILES string of the molecule is CC.Cc1ccc2nc(Cn3ccc4c(-c5ccccc5)cncc4c3=O)oc2c1. The Balaban J connectivity index is 0.00000106. The van der Waals surface area contributed by atoms with Crippen LogP contribution >= 0.6 is 0 Å². The molecule has 3 heterocycles. The van der Waals surface area contributed by atoms with E-state index in [0.29, 0.717) is 11.3 Å². The maximum atomic E-state index is 13.0. The van der Waals surface area contributed by atoms with Gasteiger partial charge in [-0.2, -0.15) is 0 Å². The van der Waals surface area contributed by atoms with E-state index >= 15 is 0 Å². The van der Waals surface area contributed by atoms with E-state index in [1.807, 2.05) is 75.4 Å². The normalized spacial score (nSPS) is 10.8. The third kappa shape index (κ3) is 3.62. The lowest BCUT2D eigenvalue weighted by molar-refractivity contribution is 0.505. The van der Waals surface area contributed by atoms with Crippen LogP contribution in [-0.4, -0.2) is 14.5 Å². The van der Waals surface area contributed by atoms with Crippen LogP contribution in [0.2, 0.25) is 0 Å². The molecule has 0 aliphatic heterocycles. The smallest absolute Gasteiger partial charge is 0.260 e. The summed E-state index contributed by atoms with van der Waals surface area (Å²) in [6.07, 6.45) is 5.21. The molecule has 0 saturated heterocycles. The van der Waals surface area contributed by atoms with E-state index in [4.69, 9.17) is 4.42 Å². The van der Waals surface area contributed by atoms with Gasteiger partial charge in [-0.1, -0.05) is 50.2 Å². The molecule has 150 valence electrons. The summed E-state index contributed by atoms with van der Waals surface area (Å²) in [5, 5.41) is 1.46. The van der Waals surface area contributed by atoms with Gasteiger partial charge in [0.05, 0.1) is 5.39 Å². The van der Waals surface area contributed by atoms with Crippen molar-refractivity contribution in [2.45, 2.75) is 27.3 Å². The number of hydrogen-bond acceptors (Lipinski definition) is 4. The van der Waals surface area contributed by atoms with Crippen molar-refractivity contribution in [1.82, 2.24) is 14.5 Å². The monoisotopic (exact) mass is 397 g/mol. The molecule has 5 heteroatoms. The largest absolute Gasteiger partial charge is 0.439 e. The molecule has 0 bridgehead atoms. The predicted molar refractivity (Wildman–Crippen MR) is 121 cm³/mol. The molecule has 0 spiro atoms. The fourth-order valence-corrected chi connectivity index (χ4v) is 3.47. The van der Waals surface area contributed by atoms with Gasteiger partial charge in [-0.25, -0.2) is 4.98 Å². The van der Waals surface area contributed by atoms with Gasteiger partial charge in [-0.3, -0.25) is 9.78 Å². The Morgan fingerprint density at radius 1 is 0.967 bits per heavy atom. The number of aryl methyl sites for hydroxylation is 1. The van der Waals surface area contributed by atoms with Crippen LogP contribution in [0, 0.1) is 6.92 Å². The second-order valence-electron chi connectivity index (χ2n) is 6.84. The van der Waals surface area contributed by atoms with Crippen LogP contribution in [0.5, 0.6) is 0 Å². The molecular formula is C25H23N3O2. The summed E-state index contributed by atoms with van der Waals surface area (Å²) in [7, 11) is 0. The summed E-state index contributed by atoms with van der Waals surface area (Å²) >= 11 is 0. The van der Waals surface area contributed by atoms with Crippen molar-refractivity contribution in [3.05, 3.63) is 95.0 Å². The minimum Gasteiger partial charge on any atom is -0.439 e. The van der Waals surface area contributed by atoms with Crippen molar-refractivity contribution in [2.75, 3.05) is 0 Å². The average molecular weight is 397 g/mol. The molecule has 0 unspecified atom stereocenters. The number of hydrogen-bond donors (Lipinski definition) is 0. The fourth-order valence-electron chi connectivity index (χ4n) is 3.47. The van der Waals surface area contributed by atoms with Crippen molar-refractivity contribution >= 4 is 21.9 Å². The summed E-state index contributed by atoms with van der Waals surface area (Å²) in [6.45, 7) is 6.28. The molecule has 0 aliphatic rings. The molecule has 0 N–H and O–H groups in total. The summed E-state index contributed by atoms with van der Waals surface area (Å²) in [6, 6.07) is 17.8. The third-order valence-electron chi connectivity index (χ3n) is 4.88. The number of benzene rings is 2. The quantitative estimate of drug-likeness (QED) is 0.398. The van der Waals surface area contributed by atoms with Gasteiger partial charge in [0, 0.05) is 24.2 Å². The molecule has 0 fully saturated rings. The van der Waals surface area contributed by atoms with Crippen molar-refractivity contribution in [2.24, 2.45) is 0 Å². The van der Waals surface area contributed by atoms with Crippen LogP contribution in [-0.2, 0) is 6.54 Å². The van der Waals surface area contributed by atoms with Gasteiger partial charge in [-0.15, -0.1) is 0 Å². The van der Waals surface area contributed by atoms with Crippen molar-refractivity contribution in [3.63, 3.8) is 0 Å². The molecule has 5 nitrogen and oxygen atoms in total. The predicted octanol–water partition coefficient (Wildman–Crippen LogP) is 5.59. The fraction of sp³-hybridized carbons (Fsp3) is 0.160. The van der Waals surface area contributed by atoms with Crippen LogP contribution in [0.4, 0.5) is 0 Å². The lowest BCUT2D eigenvalue weighted by atomic mass is 10.0. The lowest BCUT2D eigenvalue weighted by Gasteiger charge is -2.08. The summed E-state index contributed by atoms with van der Waals surface area (Å²) < 4.78 is 7.43. The number of rotatable bonds is 3. The van der Waals surface area contributed by atoms with E-state index < -0.39 is 0 Å². The Labute approximate surface area is 174 Å². The molecule has 30 heavy (non-hydrogen) atoms. The van der Waals surface area contributed by atoms with Gasteiger partial charge >= 0.3 is 0 Å². The Morgan fingerprint density at radius 3 is 2.57 bits per heavy atom. The molecule has 5 aromatic rings. The number of oxazole rings is 1. The maximum absolute atomic E-state index is 13.0. The molecule has 2 aromatic carbocycles. The second-order valence-corrected chi connectivity index (χ2v) is 6.84. The highest BCUT2D eigenvalue weighted by Gasteiger charge is 2.12. The minimum atomic E-state index is -0.110. The number of nitrogens with zero attached hydrogens (tertiary/aromatic N) is 3. The van der Waals surface area contributed by atoms with Gasteiger partial charge < -0.3 is 8.98 Å². The van der Waals surface area contributed by atoms with E-state index in [2.05, 4.69) is 9.97 Å². The highest BCUT2D eigenvalue weighted by molar-refractivity contribution is 5.95. The maximum Gasteiger partial charge on any atom is 0.260 e. The zero-order chi connectivity index (χ0) is 21.1.